The molecule has 0 aliphatic carbocycles. The number of para-hydroxylation sites is 1. The van der Waals surface area contributed by atoms with E-state index in [1.807, 2.05) is 30.3 Å². The third-order valence-corrected chi connectivity index (χ3v) is 4.33. The normalized spacial score (nSPS) is 11.1. The van der Waals surface area contributed by atoms with Crippen LogP contribution in [0.5, 0.6) is 0 Å². The number of hydrogen-bond acceptors (Lipinski definition) is 2. The first-order valence-electron chi connectivity index (χ1n) is 6.98. The van der Waals surface area contributed by atoms with E-state index in [2.05, 4.69) is 15.9 Å². The number of rotatable bonds is 4. The Balaban J connectivity index is 2.31. The van der Waals surface area contributed by atoms with Crippen LogP contribution in [0.25, 0.3) is 0 Å². The van der Waals surface area contributed by atoms with Crippen molar-refractivity contribution in [1.29, 1.82) is 0 Å². The van der Waals surface area contributed by atoms with Crippen molar-refractivity contribution >= 4 is 33.3 Å². The topological polar surface area (TPSA) is 37.4 Å². The molecular weight excluding hydrogens is 342 g/mol. The summed E-state index contributed by atoms with van der Waals surface area (Å²) in [6, 6.07) is 16.3. The second kappa shape index (κ2) is 6.44. The molecule has 0 unspecified atom stereocenters. The van der Waals surface area contributed by atoms with Gasteiger partial charge in [0.15, 0.2) is 5.78 Å². The minimum absolute atomic E-state index is 0.183. The van der Waals surface area contributed by atoms with Crippen molar-refractivity contribution in [3.8, 4) is 0 Å². The zero-order valence-electron chi connectivity index (χ0n) is 12.8. The number of hydrogen-bond donors (Lipinski definition) is 0. The standard InChI is InChI=1S/C18H18BrNO2/c1-18(2,16(21)13-9-5-4-6-10-13)17(22)20(3)15-12-8-7-11-14(15)19/h4-12H,1-3H3. The molecule has 0 aliphatic rings. The van der Waals surface area contributed by atoms with Crippen molar-refractivity contribution in [1.82, 2.24) is 0 Å². The molecule has 2 aromatic carbocycles. The molecule has 0 saturated heterocycles. The summed E-state index contributed by atoms with van der Waals surface area (Å²) < 4.78 is 0.814. The molecule has 0 spiro atoms. The van der Waals surface area contributed by atoms with E-state index in [0.29, 0.717) is 5.56 Å². The first-order chi connectivity index (χ1) is 10.4. The number of amides is 1. The molecule has 4 heteroatoms. The highest BCUT2D eigenvalue weighted by Crippen LogP contribution is 2.30. The number of carbonyl (C=O) groups excluding carboxylic acids is 2. The Bertz CT molecular complexity index is 695. The molecule has 3 nitrogen and oxygen atoms in total. The van der Waals surface area contributed by atoms with E-state index in [1.54, 1.807) is 45.2 Å². The maximum absolute atomic E-state index is 12.8. The Morgan fingerprint density at radius 1 is 0.955 bits per heavy atom. The van der Waals surface area contributed by atoms with Crippen molar-refractivity contribution in [2.24, 2.45) is 5.41 Å². The molecule has 0 aromatic heterocycles. The Morgan fingerprint density at radius 3 is 2.09 bits per heavy atom. The summed E-state index contributed by atoms with van der Waals surface area (Å²) in [6.45, 7) is 3.33. The molecule has 0 fully saturated rings. The lowest BCUT2D eigenvalue weighted by atomic mass is 9.83. The van der Waals surface area contributed by atoms with Gasteiger partial charge in [0.25, 0.3) is 0 Å². The lowest BCUT2D eigenvalue weighted by Crippen LogP contribution is -2.43. The Hall–Kier alpha value is -1.94. The second-order valence-electron chi connectivity index (χ2n) is 5.64. The highest BCUT2D eigenvalue weighted by molar-refractivity contribution is 9.10. The molecule has 0 radical (unpaired) electrons. The van der Waals surface area contributed by atoms with Gasteiger partial charge in [-0.3, -0.25) is 9.59 Å². The molecule has 0 aliphatic heterocycles. The molecule has 1 amide bonds. The smallest absolute Gasteiger partial charge is 0.240 e. The quantitative estimate of drug-likeness (QED) is 0.602. The van der Waals surface area contributed by atoms with Gasteiger partial charge in [0.05, 0.1) is 5.69 Å². The van der Waals surface area contributed by atoms with Crippen molar-refractivity contribution in [2.45, 2.75) is 13.8 Å². The molecule has 22 heavy (non-hydrogen) atoms. The Morgan fingerprint density at radius 2 is 1.50 bits per heavy atom. The van der Waals surface area contributed by atoms with Gasteiger partial charge in [0.2, 0.25) is 5.91 Å². The van der Waals surface area contributed by atoms with Crippen LogP contribution in [0.4, 0.5) is 5.69 Å². The van der Waals surface area contributed by atoms with Crippen molar-refractivity contribution in [2.75, 3.05) is 11.9 Å². The second-order valence-corrected chi connectivity index (χ2v) is 6.49. The average Bonchev–Trinajstić information content (AvgIpc) is 2.54. The Labute approximate surface area is 139 Å². The zero-order valence-corrected chi connectivity index (χ0v) is 14.4. The van der Waals surface area contributed by atoms with Gasteiger partial charge in [-0.15, -0.1) is 0 Å². The molecule has 0 atom stereocenters. The summed E-state index contributed by atoms with van der Waals surface area (Å²) in [5.41, 5.74) is 0.147. The summed E-state index contributed by atoms with van der Waals surface area (Å²) in [7, 11) is 1.68. The lowest BCUT2D eigenvalue weighted by Gasteiger charge is -2.29. The summed E-state index contributed by atoms with van der Waals surface area (Å²) in [5, 5.41) is 0. The van der Waals surface area contributed by atoms with E-state index in [4.69, 9.17) is 0 Å². The van der Waals surface area contributed by atoms with E-state index >= 15 is 0 Å². The maximum Gasteiger partial charge on any atom is 0.240 e. The molecule has 0 saturated carbocycles. The lowest BCUT2D eigenvalue weighted by molar-refractivity contribution is -0.124. The molecule has 2 rings (SSSR count). The number of Topliss-reactive ketones (excluding diaryl/α,β-unsaturated/α-hetero) is 1. The highest BCUT2D eigenvalue weighted by atomic mass is 79.9. The largest absolute Gasteiger partial charge is 0.314 e. The fraction of sp³-hybridized carbons (Fsp3) is 0.222. The van der Waals surface area contributed by atoms with Crippen LogP contribution in [0.2, 0.25) is 0 Å². The van der Waals surface area contributed by atoms with Crippen LogP contribution in [0.3, 0.4) is 0 Å². The molecule has 0 heterocycles. The SMILES string of the molecule is CN(C(=O)C(C)(C)C(=O)c1ccccc1)c1ccccc1Br. The van der Waals surface area contributed by atoms with Gasteiger partial charge >= 0.3 is 0 Å². The Kier molecular flexibility index (Phi) is 4.81. The predicted molar refractivity (Wildman–Crippen MR) is 92.1 cm³/mol. The molecular formula is C18H18BrNO2. The van der Waals surface area contributed by atoms with E-state index in [1.165, 1.54) is 4.90 Å². The fourth-order valence-electron chi connectivity index (χ4n) is 2.30. The van der Waals surface area contributed by atoms with E-state index in [9.17, 15) is 9.59 Å². The van der Waals surface area contributed by atoms with Gasteiger partial charge in [0, 0.05) is 17.1 Å². The first-order valence-corrected chi connectivity index (χ1v) is 7.77. The van der Waals surface area contributed by atoms with Gasteiger partial charge in [0.1, 0.15) is 5.41 Å². The van der Waals surface area contributed by atoms with Crippen LogP contribution in [0.1, 0.15) is 24.2 Å². The summed E-state index contributed by atoms with van der Waals surface area (Å²) in [5.74, 6) is -0.426. The summed E-state index contributed by atoms with van der Waals surface area (Å²) in [6.07, 6.45) is 0. The minimum atomic E-state index is -1.13. The number of halogens is 1. The molecule has 0 N–H and O–H groups in total. The number of benzene rings is 2. The van der Waals surface area contributed by atoms with Crippen LogP contribution in [-0.4, -0.2) is 18.7 Å². The van der Waals surface area contributed by atoms with Gasteiger partial charge < -0.3 is 4.90 Å². The molecule has 114 valence electrons. The van der Waals surface area contributed by atoms with Crippen LogP contribution in [-0.2, 0) is 4.79 Å². The van der Waals surface area contributed by atoms with Crippen molar-refractivity contribution < 1.29 is 9.59 Å². The van der Waals surface area contributed by atoms with E-state index < -0.39 is 5.41 Å². The van der Waals surface area contributed by atoms with Gasteiger partial charge in [-0.25, -0.2) is 0 Å². The van der Waals surface area contributed by atoms with Gasteiger partial charge in [-0.05, 0) is 41.9 Å². The van der Waals surface area contributed by atoms with Crippen molar-refractivity contribution in [3.05, 3.63) is 64.6 Å². The van der Waals surface area contributed by atoms with Crippen LogP contribution < -0.4 is 4.90 Å². The average molecular weight is 360 g/mol. The third kappa shape index (κ3) is 3.12. The molecule has 2 aromatic rings. The third-order valence-electron chi connectivity index (χ3n) is 3.66. The van der Waals surface area contributed by atoms with Crippen LogP contribution in [0, 0.1) is 5.41 Å². The van der Waals surface area contributed by atoms with E-state index in [0.717, 1.165) is 10.2 Å². The van der Waals surface area contributed by atoms with Gasteiger partial charge in [-0.1, -0.05) is 42.5 Å². The number of carbonyl (C=O) groups is 2. The minimum Gasteiger partial charge on any atom is -0.314 e. The number of nitrogens with zero attached hydrogens (tertiary/aromatic N) is 1. The first kappa shape index (κ1) is 16.4. The maximum atomic E-state index is 12.8. The predicted octanol–water partition coefficient (Wildman–Crippen LogP) is 4.32. The number of anilines is 1. The monoisotopic (exact) mass is 359 g/mol. The molecule has 0 bridgehead atoms. The summed E-state index contributed by atoms with van der Waals surface area (Å²) in [4.78, 5) is 27.0. The zero-order chi connectivity index (χ0) is 16.3. The summed E-state index contributed by atoms with van der Waals surface area (Å²) >= 11 is 3.44. The van der Waals surface area contributed by atoms with Crippen LogP contribution in [0.15, 0.2) is 59.1 Å². The fourth-order valence-corrected chi connectivity index (χ4v) is 2.85. The highest BCUT2D eigenvalue weighted by Gasteiger charge is 2.39. The van der Waals surface area contributed by atoms with Crippen LogP contribution >= 0.6 is 15.9 Å². The van der Waals surface area contributed by atoms with E-state index in [-0.39, 0.29) is 11.7 Å². The van der Waals surface area contributed by atoms with Crippen molar-refractivity contribution in [3.63, 3.8) is 0 Å². The number of ketones is 1. The van der Waals surface area contributed by atoms with Gasteiger partial charge in [-0.2, -0.15) is 0 Å².